The maximum absolute atomic E-state index is 14.2. The molecular formula is C36H36Cl2N2O7S. The first kappa shape index (κ1) is 35.1. The topological polar surface area (TPSA) is 97.6 Å². The van der Waals surface area contributed by atoms with Crippen molar-refractivity contribution in [3.63, 3.8) is 0 Å². The second-order valence-corrected chi connectivity index (χ2v) is 12.8. The summed E-state index contributed by atoms with van der Waals surface area (Å²) in [6.07, 6.45) is 1.64. The van der Waals surface area contributed by atoms with Gasteiger partial charge in [-0.2, -0.15) is 0 Å². The van der Waals surface area contributed by atoms with E-state index in [0.717, 1.165) is 5.56 Å². The third-order valence-electron chi connectivity index (χ3n) is 7.34. The molecule has 1 atom stereocenters. The number of methoxy groups -OCH3 is 1. The van der Waals surface area contributed by atoms with E-state index in [4.69, 9.17) is 46.9 Å². The summed E-state index contributed by atoms with van der Waals surface area (Å²) < 4.78 is 30.8. The molecule has 0 fully saturated rings. The molecule has 12 heteroatoms. The lowest BCUT2D eigenvalue weighted by Crippen LogP contribution is -2.40. The fourth-order valence-corrected chi connectivity index (χ4v) is 6.81. The van der Waals surface area contributed by atoms with Crippen molar-refractivity contribution in [2.75, 3.05) is 20.3 Å². The van der Waals surface area contributed by atoms with Gasteiger partial charge in [0.05, 0.1) is 53.3 Å². The highest BCUT2D eigenvalue weighted by Gasteiger charge is 2.34. The second-order valence-electron chi connectivity index (χ2n) is 11.0. The van der Waals surface area contributed by atoms with Crippen LogP contribution < -0.4 is 33.8 Å². The average Bonchev–Trinajstić information content (AvgIpc) is 3.34. The molecule has 0 amide bonds. The van der Waals surface area contributed by atoms with Crippen molar-refractivity contribution in [2.24, 2.45) is 4.99 Å². The van der Waals surface area contributed by atoms with Crippen LogP contribution in [0, 0.1) is 0 Å². The highest BCUT2D eigenvalue weighted by atomic mass is 35.5. The molecule has 0 radical (unpaired) electrons. The summed E-state index contributed by atoms with van der Waals surface area (Å²) in [5.74, 6) is 1.25. The van der Waals surface area contributed by atoms with Crippen LogP contribution >= 0.6 is 34.5 Å². The molecule has 0 bridgehead atoms. The smallest absolute Gasteiger partial charge is 0.338 e. The zero-order chi connectivity index (χ0) is 34.5. The highest BCUT2D eigenvalue weighted by molar-refractivity contribution is 7.07. The Morgan fingerprint density at radius 2 is 1.77 bits per heavy atom. The van der Waals surface area contributed by atoms with Gasteiger partial charge in [-0.1, -0.05) is 58.8 Å². The van der Waals surface area contributed by atoms with Crippen molar-refractivity contribution < 1.29 is 28.5 Å². The van der Waals surface area contributed by atoms with Gasteiger partial charge in [-0.05, 0) is 82.2 Å². The number of hydrogen-bond acceptors (Lipinski definition) is 9. The van der Waals surface area contributed by atoms with Crippen molar-refractivity contribution in [1.29, 1.82) is 0 Å². The molecular weight excluding hydrogens is 675 g/mol. The maximum Gasteiger partial charge on any atom is 0.338 e. The molecule has 0 saturated carbocycles. The quantitative estimate of drug-likeness (QED) is 0.148. The number of halogens is 2. The van der Waals surface area contributed by atoms with Gasteiger partial charge in [0.1, 0.15) is 6.61 Å². The Morgan fingerprint density at radius 3 is 2.46 bits per heavy atom. The van der Waals surface area contributed by atoms with Crippen LogP contribution in [-0.2, 0) is 16.1 Å². The van der Waals surface area contributed by atoms with Gasteiger partial charge in [-0.15, -0.1) is 0 Å². The number of ether oxygens (including phenoxy) is 5. The van der Waals surface area contributed by atoms with Crippen LogP contribution in [0.15, 0.2) is 75.7 Å². The SMILES string of the molecule is CCOC(=O)C1=C(C)N=c2s/c(=C\c3cc(Cl)c(OCc4ccccc4Cl)c(OCC)c3)c(=O)n2[C@H]1c1ccc(OC(C)C)c(OC)c1. The number of benzene rings is 3. The molecule has 0 N–H and O–H groups in total. The van der Waals surface area contributed by atoms with E-state index in [0.29, 0.717) is 65.8 Å². The van der Waals surface area contributed by atoms with Gasteiger partial charge in [-0.25, -0.2) is 9.79 Å². The second kappa shape index (κ2) is 15.3. The van der Waals surface area contributed by atoms with Crippen LogP contribution in [0.3, 0.4) is 0 Å². The Bertz CT molecular complexity index is 2050. The fourth-order valence-electron chi connectivity index (χ4n) is 5.30. The first-order valence-electron chi connectivity index (χ1n) is 15.4. The summed E-state index contributed by atoms with van der Waals surface area (Å²) in [5, 5.41) is 0.887. The van der Waals surface area contributed by atoms with Crippen LogP contribution in [0.5, 0.6) is 23.0 Å². The molecule has 2 heterocycles. The summed E-state index contributed by atoms with van der Waals surface area (Å²) in [5.41, 5.74) is 2.43. The average molecular weight is 712 g/mol. The lowest BCUT2D eigenvalue weighted by Gasteiger charge is -2.25. The van der Waals surface area contributed by atoms with Crippen LogP contribution in [0.2, 0.25) is 10.0 Å². The Labute approximate surface area is 292 Å². The molecule has 1 aliphatic heterocycles. The molecule has 5 rings (SSSR count). The number of rotatable bonds is 12. The summed E-state index contributed by atoms with van der Waals surface area (Å²) in [4.78, 5) is 32.7. The number of aromatic nitrogens is 1. The van der Waals surface area contributed by atoms with Crippen LogP contribution in [-0.4, -0.2) is 37.0 Å². The molecule has 0 aliphatic carbocycles. The Morgan fingerprint density at radius 1 is 1.00 bits per heavy atom. The van der Waals surface area contributed by atoms with E-state index in [9.17, 15) is 9.59 Å². The number of esters is 1. The summed E-state index contributed by atoms with van der Waals surface area (Å²) in [6, 6.07) is 15.4. The standard InChI is InChI=1S/C36H36Cl2N2O7S/c1-7-44-29-16-22(15-26(38)33(29)46-19-24-11-9-10-12-25(24)37)17-30-34(41)40-32(23-13-14-27(47-20(3)4)28(18-23)43-6)31(35(42)45-8-2)21(5)39-36(40)48-30/h9-18,20,32H,7-8,19H2,1-6H3/b30-17-/t32-/m0/s1. The number of allylic oxidation sites excluding steroid dienone is 1. The van der Waals surface area contributed by atoms with Crippen LogP contribution in [0.4, 0.5) is 0 Å². The lowest BCUT2D eigenvalue weighted by atomic mass is 9.95. The highest BCUT2D eigenvalue weighted by Crippen LogP contribution is 2.39. The van der Waals surface area contributed by atoms with E-state index in [1.165, 1.54) is 15.9 Å². The number of carbonyl (C=O) groups excluding carboxylic acids is 1. The van der Waals surface area contributed by atoms with Crippen molar-refractivity contribution in [2.45, 2.75) is 53.4 Å². The Balaban J connectivity index is 1.61. The molecule has 1 aromatic heterocycles. The predicted molar refractivity (Wildman–Crippen MR) is 188 cm³/mol. The largest absolute Gasteiger partial charge is 0.493 e. The van der Waals surface area contributed by atoms with E-state index in [-0.39, 0.29) is 30.5 Å². The first-order valence-corrected chi connectivity index (χ1v) is 17.0. The van der Waals surface area contributed by atoms with E-state index < -0.39 is 12.0 Å². The van der Waals surface area contributed by atoms with Crippen molar-refractivity contribution in [1.82, 2.24) is 4.57 Å². The molecule has 252 valence electrons. The van der Waals surface area contributed by atoms with E-state index in [1.807, 2.05) is 45.0 Å². The maximum atomic E-state index is 14.2. The summed E-state index contributed by atoms with van der Waals surface area (Å²) >= 11 is 14.2. The van der Waals surface area contributed by atoms with Crippen molar-refractivity contribution >= 4 is 46.6 Å². The summed E-state index contributed by atoms with van der Waals surface area (Å²) in [7, 11) is 1.54. The normalized spacial score (nSPS) is 14.4. The van der Waals surface area contributed by atoms with Crippen molar-refractivity contribution in [3.05, 3.63) is 112 Å². The van der Waals surface area contributed by atoms with Crippen LogP contribution in [0.1, 0.15) is 57.4 Å². The molecule has 0 spiro atoms. The molecule has 0 saturated heterocycles. The monoisotopic (exact) mass is 710 g/mol. The number of fused-ring (bicyclic) bond motifs is 1. The van der Waals surface area contributed by atoms with Crippen molar-refractivity contribution in [3.8, 4) is 23.0 Å². The van der Waals surface area contributed by atoms with Gasteiger partial charge in [0.25, 0.3) is 5.56 Å². The van der Waals surface area contributed by atoms with E-state index in [2.05, 4.69) is 4.99 Å². The van der Waals surface area contributed by atoms with Gasteiger partial charge in [0.2, 0.25) is 0 Å². The van der Waals surface area contributed by atoms with Gasteiger partial charge in [0, 0.05) is 10.6 Å². The lowest BCUT2D eigenvalue weighted by molar-refractivity contribution is -0.139. The van der Waals surface area contributed by atoms with Gasteiger partial charge >= 0.3 is 5.97 Å². The zero-order valence-corrected chi connectivity index (χ0v) is 29.8. The Hall–Kier alpha value is -4.25. The molecule has 1 aliphatic rings. The molecule has 48 heavy (non-hydrogen) atoms. The number of thiazole rings is 1. The number of carbonyl (C=O) groups is 1. The minimum atomic E-state index is -0.826. The van der Waals surface area contributed by atoms with E-state index in [1.54, 1.807) is 57.4 Å². The summed E-state index contributed by atoms with van der Waals surface area (Å²) in [6.45, 7) is 9.88. The number of hydrogen-bond donors (Lipinski definition) is 0. The third-order valence-corrected chi connectivity index (χ3v) is 8.97. The third kappa shape index (κ3) is 7.41. The zero-order valence-electron chi connectivity index (χ0n) is 27.5. The minimum Gasteiger partial charge on any atom is -0.493 e. The Kier molecular flexibility index (Phi) is 11.2. The van der Waals surface area contributed by atoms with Gasteiger partial charge in [-0.3, -0.25) is 9.36 Å². The van der Waals surface area contributed by atoms with Gasteiger partial charge in [0.15, 0.2) is 27.8 Å². The predicted octanol–water partition coefficient (Wildman–Crippen LogP) is 6.88. The first-order chi connectivity index (χ1) is 23.1. The minimum absolute atomic E-state index is 0.0839. The fraction of sp³-hybridized carbons (Fsp3) is 0.306. The van der Waals surface area contributed by atoms with Crippen LogP contribution in [0.25, 0.3) is 6.08 Å². The molecule has 9 nitrogen and oxygen atoms in total. The molecule has 3 aromatic carbocycles. The van der Waals surface area contributed by atoms with E-state index >= 15 is 0 Å². The molecule has 4 aromatic rings. The van der Waals surface area contributed by atoms with Gasteiger partial charge < -0.3 is 23.7 Å². The number of nitrogens with zero attached hydrogens (tertiary/aromatic N) is 2. The molecule has 0 unspecified atom stereocenters.